The van der Waals surface area contributed by atoms with Crippen molar-refractivity contribution >= 4 is 49.6 Å². The first-order chi connectivity index (χ1) is 29.4. The second-order valence-corrected chi connectivity index (χ2v) is 14.1. The van der Waals surface area contributed by atoms with Gasteiger partial charge in [-0.05, 0) is 111 Å². The molecule has 55 heavy (non-hydrogen) atoms. The van der Waals surface area contributed by atoms with E-state index >= 15 is 0 Å². The first-order valence-electron chi connectivity index (χ1n) is 21.1. The Hall–Kier alpha value is -7.16. The zero-order valence-electron chi connectivity index (χ0n) is 34.8. The van der Waals surface area contributed by atoms with Crippen molar-refractivity contribution in [1.29, 1.82) is 0 Å². The highest BCUT2D eigenvalue weighted by molar-refractivity contribution is 6.10. The molecule has 0 N–H and O–H groups in total. The van der Waals surface area contributed by atoms with Gasteiger partial charge in [-0.2, -0.15) is 0 Å². The van der Waals surface area contributed by atoms with Crippen LogP contribution in [0.5, 0.6) is 0 Å². The summed E-state index contributed by atoms with van der Waals surface area (Å²) in [5.41, 5.74) is 9.40. The third kappa shape index (κ3) is 4.75. The van der Waals surface area contributed by atoms with Crippen molar-refractivity contribution < 1.29 is 6.85 Å². The van der Waals surface area contributed by atoms with Gasteiger partial charge >= 0.3 is 0 Å². The van der Waals surface area contributed by atoms with Crippen LogP contribution in [0.2, 0.25) is 0 Å². The van der Waals surface area contributed by atoms with E-state index in [-0.39, 0.29) is 29.7 Å². The SMILES string of the molecule is [2H]c1c([2H])c([2H])c(C2(c3ccc4c(c3)c3ccccc3n4-c3ccccc3)c3ccccc3-c3cc(N(c4ccccc4)c4ccc5ccccc5c4)ccc32)c([2H])c1[2H]. The van der Waals surface area contributed by atoms with Crippen molar-refractivity contribution in [3.63, 3.8) is 0 Å². The van der Waals surface area contributed by atoms with Crippen LogP contribution in [0.1, 0.15) is 29.1 Å². The van der Waals surface area contributed by atoms with Crippen molar-refractivity contribution in [2.24, 2.45) is 0 Å². The van der Waals surface area contributed by atoms with Crippen LogP contribution in [0.4, 0.5) is 17.1 Å². The number of para-hydroxylation sites is 3. The standard InChI is InChI=1S/C53H36N2/c1-4-18-39(19-5-1)53(40-29-33-52-48(35-40)46-25-13-15-27-51(46)55(52)42-22-8-3-9-23-42)49-26-14-12-24-45(49)47-36-44(31-32-50(47)53)54(41-20-6-2-7-21-41)43-30-28-37-16-10-11-17-38(37)34-43/h1-36H/i1D,4D,5D,18D,19D. The van der Waals surface area contributed by atoms with E-state index in [0.717, 1.165) is 83.1 Å². The average Bonchev–Trinajstić information content (AvgIpc) is 3.78. The largest absolute Gasteiger partial charge is 0.310 e. The van der Waals surface area contributed by atoms with E-state index in [0.29, 0.717) is 0 Å². The molecule has 0 saturated carbocycles. The third-order valence-corrected chi connectivity index (χ3v) is 11.3. The monoisotopic (exact) mass is 705 g/mol. The van der Waals surface area contributed by atoms with E-state index < -0.39 is 11.5 Å². The minimum atomic E-state index is -1.28. The van der Waals surface area contributed by atoms with E-state index in [1.807, 2.05) is 60.7 Å². The number of hydrogen-bond donors (Lipinski definition) is 0. The summed E-state index contributed by atoms with van der Waals surface area (Å²) in [7, 11) is 0. The molecule has 0 radical (unpaired) electrons. The molecular weight excluding hydrogens is 665 g/mol. The topological polar surface area (TPSA) is 8.17 Å². The molecule has 0 saturated heterocycles. The predicted molar refractivity (Wildman–Crippen MR) is 230 cm³/mol. The van der Waals surface area contributed by atoms with Gasteiger partial charge in [-0.1, -0.05) is 152 Å². The Morgan fingerprint density at radius 1 is 0.418 bits per heavy atom. The van der Waals surface area contributed by atoms with Gasteiger partial charge in [0.1, 0.15) is 0 Å². The summed E-state index contributed by atoms with van der Waals surface area (Å²) in [6.45, 7) is 0. The lowest BCUT2D eigenvalue weighted by atomic mass is 9.67. The molecule has 9 aromatic carbocycles. The van der Waals surface area contributed by atoms with Gasteiger partial charge in [0.05, 0.1) is 23.3 Å². The molecule has 0 fully saturated rings. The molecule has 1 aliphatic carbocycles. The fourth-order valence-electron chi connectivity index (χ4n) is 8.97. The Kier molecular flexibility index (Phi) is 6.03. The second-order valence-electron chi connectivity index (χ2n) is 14.1. The van der Waals surface area contributed by atoms with Gasteiger partial charge in [-0.15, -0.1) is 0 Å². The molecule has 0 amide bonds. The number of anilines is 3. The fraction of sp³-hybridized carbons (Fsp3) is 0.0189. The van der Waals surface area contributed by atoms with Crippen molar-refractivity contribution in [1.82, 2.24) is 4.57 Å². The van der Waals surface area contributed by atoms with Crippen LogP contribution in [-0.2, 0) is 5.41 Å². The molecule has 0 spiro atoms. The summed E-state index contributed by atoms with van der Waals surface area (Å²) in [4.78, 5) is 2.25. The van der Waals surface area contributed by atoms with E-state index in [1.165, 1.54) is 0 Å². The first kappa shape index (κ1) is 26.6. The molecule has 1 aromatic heterocycles. The molecule has 258 valence electrons. The van der Waals surface area contributed by atoms with Gasteiger partial charge in [0, 0.05) is 33.5 Å². The molecule has 2 nitrogen and oxygen atoms in total. The number of nitrogens with zero attached hydrogens (tertiary/aromatic N) is 2. The lowest BCUT2D eigenvalue weighted by Gasteiger charge is -2.34. The Morgan fingerprint density at radius 2 is 1.07 bits per heavy atom. The number of aromatic nitrogens is 1. The molecule has 0 bridgehead atoms. The molecule has 1 aliphatic rings. The number of benzene rings is 9. The summed E-state index contributed by atoms with van der Waals surface area (Å²) in [6, 6.07) is 63.2. The van der Waals surface area contributed by atoms with Crippen LogP contribution in [-0.4, -0.2) is 4.57 Å². The van der Waals surface area contributed by atoms with E-state index in [2.05, 4.69) is 137 Å². The van der Waals surface area contributed by atoms with Crippen LogP contribution in [0.3, 0.4) is 0 Å². The Bertz CT molecular complexity index is 3310. The van der Waals surface area contributed by atoms with Gasteiger partial charge in [0.2, 0.25) is 0 Å². The Morgan fingerprint density at radius 3 is 1.93 bits per heavy atom. The Labute approximate surface area is 327 Å². The summed E-state index contributed by atoms with van der Waals surface area (Å²) in [6.07, 6.45) is 0. The van der Waals surface area contributed by atoms with Crippen molar-refractivity contribution in [3.8, 4) is 16.8 Å². The van der Waals surface area contributed by atoms with Crippen LogP contribution >= 0.6 is 0 Å². The summed E-state index contributed by atoms with van der Waals surface area (Å²) in [5, 5.41) is 4.36. The van der Waals surface area contributed by atoms with Crippen molar-refractivity contribution in [2.45, 2.75) is 5.41 Å². The molecule has 10 aromatic rings. The quantitative estimate of drug-likeness (QED) is 0.167. The number of rotatable bonds is 6. The average molecular weight is 706 g/mol. The zero-order valence-corrected chi connectivity index (χ0v) is 29.8. The third-order valence-electron chi connectivity index (χ3n) is 11.3. The highest BCUT2D eigenvalue weighted by atomic mass is 15.1. The molecule has 1 atom stereocenters. The normalized spacial score (nSPS) is 15.9. The van der Waals surface area contributed by atoms with Gasteiger partial charge < -0.3 is 9.47 Å². The maximum atomic E-state index is 9.58. The van der Waals surface area contributed by atoms with Gasteiger partial charge in [-0.3, -0.25) is 0 Å². The highest BCUT2D eigenvalue weighted by Gasteiger charge is 2.46. The summed E-state index contributed by atoms with van der Waals surface area (Å²) < 4.78 is 48.0. The lowest BCUT2D eigenvalue weighted by molar-refractivity contribution is 0.770. The van der Waals surface area contributed by atoms with Crippen molar-refractivity contribution in [3.05, 3.63) is 241 Å². The van der Waals surface area contributed by atoms with E-state index in [9.17, 15) is 2.74 Å². The van der Waals surface area contributed by atoms with Gasteiger partial charge in [0.25, 0.3) is 0 Å². The maximum absolute atomic E-state index is 9.58. The molecular formula is C53H36N2. The minimum Gasteiger partial charge on any atom is -0.310 e. The minimum absolute atomic E-state index is 0.221. The first-order valence-corrected chi connectivity index (χ1v) is 18.6. The summed E-state index contributed by atoms with van der Waals surface area (Å²) >= 11 is 0. The van der Waals surface area contributed by atoms with Crippen LogP contribution < -0.4 is 4.90 Å². The van der Waals surface area contributed by atoms with E-state index in [1.54, 1.807) is 0 Å². The molecule has 1 unspecified atom stereocenters. The van der Waals surface area contributed by atoms with Crippen molar-refractivity contribution in [2.75, 3.05) is 4.90 Å². The molecule has 2 heteroatoms. The molecule has 11 rings (SSSR count). The number of hydrogen-bond acceptors (Lipinski definition) is 1. The van der Waals surface area contributed by atoms with Crippen LogP contribution in [0.15, 0.2) is 218 Å². The summed E-state index contributed by atoms with van der Waals surface area (Å²) in [5.74, 6) is 0. The highest BCUT2D eigenvalue weighted by Crippen LogP contribution is 2.57. The van der Waals surface area contributed by atoms with Crippen LogP contribution in [0.25, 0.3) is 49.4 Å². The molecule has 0 aliphatic heterocycles. The van der Waals surface area contributed by atoms with Gasteiger partial charge in [0.15, 0.2) is 0 Å². The smallest absolute Gasteiger partial charge is 0.0713 e. The second kappa shape index (κ2) is 12.5. The predicted octanol–water partition coefficient (Wildman–Crippen LogP) is 13.8. The lowest BCUT2D eigenvalue weighted by Crippen LogP contribution is -2.28. The Balaban J connectivity index is 1.23. The van der Waals surface area contributed by atoms with Gasteiger partial charge in [-0.25, -0.2) is 0 Å². The zero-order chi connectivity index (χ0) is 40.7. The number of fused-ring (bicyclic) bond motifs is 7. The van der Waals surface area contributed by atoms with Crippen LogP contribution in [0, 0.1) is 0 Å². The fourth-order valence-corrected chi connectivity index (χ4v) is 8.97. The molecule has 1 heterocycles. The maximum Gasteiger partial charge on any atom is 0.0713 e. The van der Waals surface area contributed by atoms with E-state index in [4.69, 9.17) is 4.11 Å².